The Morgan fingerprint density at radius 1 is 1.40 bits per heavy atom. The molecule has 3 aromatic rings. The van der Waals surface area contributed by atoms with Crippen molar-refractivity contribution in [2.75, 3.05) is 12.8 Å². The lowest BCUT2D eigenvalue weighted by molar-refractivity contribution is -0.127. The molecule has 0 aliphatic heterocycles. The van der Waals surface area contributed by atoms with E-state index in [0.717, 1.165) is 5.56 Å². The average Bonchev–Trinajstić information content (AvgIpc) is 3.04. The van der Waals surface area contributed by atoms with E-state index < -0.39 is 0 Å². The van der Waals surface area contributed by atoms with E-state index in [-0.39, 0.29) is 23.0 Å². The first-order valence-corrected chi connectivity index (χ1v) is 9.58. The molecule has 3 rings (SSSR count). The van der Waals surface area contributed by atoms with Crippen molar-refractivity contribution in [2.24, 2.45) is 0 Å². The number of aromatic nitrogens is 2. The second kappa shape index (κ2) is 7.79. The average molecular weight is 377 g/mol. The van der Waals surface area contributed by atoms with Crippen LogP contribution < -0.4 is 5.56 Å². The molecule has 0 aliphatic carbocycles. The van der Waals surface area contributed by atoms with Gasteiger partial charge in [-0.3, -0.25) is 14.0 Å². The molecule has 2 heterocycles. The Bertz CT molecular complexity index is 954. The van der Waals surface area contributed by atoms with Gasteiger partial charge in [-0.15, -0.1) is 23.1 Å². The number of hydrogen-bond donors (Lipinski definition) is 0. The van der Waals surface area contributed by atoms with Gasteiger partial charge in [0.1, 0.15) is 5.82 Å². The molecule has 0 fully saturated rings. The van der Waals surface area contributed by atoms with Gasteiger partial charge < -0.3 is 4.90 Å². The smallest absolute Gasteiger partial charge is 0.258 e. The van der Waals surface area contributed by atoms with Crippen LogP contribution >= 0.6 is 23.1 Å². The number of benzene rings is 1. The largest absolute Gasteiger partial charge is 0.341 e. The number of nitrogens with zero attached hydrogens (tertiary/aromatic N) is 3. The normalized spacial score (nSPS) is 11.0. The first-order valence-electron chi connectivity index (χ1n) is 7.55. The number of halogens is 1. The minimum Gasteiger partial charge on any atom is -0.341 e. The predicted molar refractivity (Wildman–Crippen MR) is 98.4 cm³/mol. The van der Waals surface area contributed by atoms with Gasteiger partial charge in [0.2, 0.25) is 5.91 Å². The van der Waals surface area contributed by atoms with Gasteiger partial charge in [-0.1, -0.05) is 12.1 Å². The van der Waals surface area contributed by atoms with Crippen molar-refractivity contribution in [3.05, 3.63) is 69.3 Å². The molecule has 0 radical (unpaired) electrons. The molecule has 0 atom stereocenters. The number of thioether (sulfide) groups is 1. The van der Waals surface area contributed by atoms with Gasteiger partial charge in [-0.25, -0.2) is 9.37 Å². The van der Waals surface area contributed by atoms with Gasteiger partial charge in [0.05, 0.1) is 11.4 Å². The molecule has 0 saturated heterocycles. The van der Waals surface area contributed by atoms with Gasteiger partial charge in [0, 0.05) is 37.0 Å². The molecule has 0 bridgehead atoms. The van der Waals surface area contributed by atoms with Crippen LogP contribution in [0, 0.1) is 5.82 Å². The predicted octanol–water partition coefficient (Wildman–Crippen LogP) is 2.79. The fourth-order valence-electron chi connectivity index (χ4n) is 2.31. The molecule has 0 N–H and O–H groups in total. The Morgan fingerprint density at radius 3 is 3.04 bits per heavy atom. The Morgan fingerprint density at radius 2 is 2.24 bits per heavy atom. The van der Waals surface area contributed by atoms with Gasteiger partial charge in [-0.05, 0) is 17.7 Å². The summed E-state index contributed by atoms with van der Waals surface area (Å²) in [5.41, 5.74) is 1.30. The second-order valence-electron chi connectivity index (χ2n) is 5.51. The molecular formula is C17H16FN3O2S2. The molecule has 0 saturated carbocycles. The first kappa shape index (κ1) is 17.6. The molecular weight excluding hydrogens is 361 g/mol. The van der Waals surface area contributed by atoms with E-state index in [9.17, 15) is 14.0 Å². The monoisotopic (exact) mass is 377 g/mol. The fraction of sp³-hybridized carbons (Fsp3) is 0.235. The highest BCUT2D eigenvalue weighted by Crippen LogP contribution is 2.14. The van der Waals surface area contributed by atoms with Crippen LogP contribution in [0.3, 0.4) is 0 Å². The van der Waals surface area contributed by atoms with Crippen LogP contribution in [0.15, 0.2) is 46.7 Å². The number of carbonyl (C=O) groups is 1. The standard InChI is InChI=1S/C17H16FN3O2S2/c1-20(9-12-3-2-4-13(18)7-12)16(23)11-24-10-14-8-15(22)21-5-6-25-17(21)19-14/h2-8H,9-11H2,1H3. The second-order valence-corrected chi connectivity index (χ2v) is 7.37. The highest BCUT2D eigenvalue weighted by molar-refractivity contribution is 7.99. The fourth-order valence-corrected chi connectivity index (χ4v) is 3.90. The van der Waals surface area contributed by atoms with Gasteiger partial charge in [0.25, 0.3) is 5.56 Å². The summed E-state index contributed by atoms with van der Waals surface area (Å²) in [5, 5.41) is 1.81. The summed E-state index contributed by atoms with van der Waals surface area (Å²) in [6.07, 6.45) is 1.69. The maximum atomic E-state index is 13.2. The quantitative estimate of drug-likeness (QED) is 0.663. The molecule has 0 unspecified atom stereocenters. The van der Waals surface area contributed by atoms with Gasteiger partial charge >= 0.3 is 0 Å². The van der Waals surface area contributed by atoms with Crippen LogP contribution in [0.2, 0.25) is 0 Å². The lowest BCUT2D eigenvalue weighted by Crippen LogP contribution is -2.27. The third-order valence-electron chi connectivity index (χ3n) is 3.57. The third-order valence-corrected chi connectivity index (χ3v) is 5.27. The molecule has 1 aromatic carbocycles. The van der Waals surface area contributed by atoms with Gasteiger partial charge in [0.15, 0.2) is 4.96 Å². The molecule has 25 heavy (non-hydrogen) atoms. The zero-order valence-electron chi connectivity index (χ0n) is 13.5. The van der Waals surface area contributed by atoms with Crippen LogP contribution in [0.4, 0.5) is 4.39 Å². The van der Waals surface area contributed by atoms with E-state index >= 15 is 0 Å². The van der Waals surface area contributed by atoms with E-state index in [2.05, 4.69) is 4.98 Å². The number of hydrogen-bond acceptors (Lipinski definition) is 5. The van der Waals surface area contributed by atoms with Crippen molar-refractivity contribution in [3.8, 4) is 0 Å². The van der Waals surface area contributed by atoms with Crippen molar-refractivity contribution >= 4 is 34.0 Å². The number of thiazole rings is 1. The summed E-state index contributed by atoms with van der Waals surface area (Å²) in [4.78, 5) is 30.7. The molecule has 0 spiro atoms. The third kappa shape index (κ3) is 4.46. The number of carbonyl (C=O) groups excluding carboxylic acids is 1. The summed E-state index contributed by atoms with van der Waals surface area (Å²) in [6.45, 7) is 0.359. The molecule has 1 amide bonds. The van der Waals surface area contributed by atoms with Crippen LogP contribution in [0.25, 0.3) is 4.96 Å². The molecule has 2 aromatic heterocycles. The number of amides is 1. The molecule has 5 nitrogen and oxygen atoms in total. The summed E-state index contributed by atoms with van der Waals surface area (Å²) in [7, 11) is 1.69. The highest BCUT2D eigenvalue weighted by atomic mass is 32.2. The van der Waals surface area contributed by atoms with Crippen molar-refractivity contribution in [2.45, 2.75) is 12.3 Å². The van der Waals surface area contributed by atoms with Crippen molar-refractivity contribution in [3.63, 3.8) is 0 Å². The van der Waals surface area contributed by atoms with E-state index in [1.807, 2.05) is 5.38 Å². The zero-order valence-corrected chi connectivity index (χ0v) is 15.1. The summed E-state index contributed by atoms with van der Waals surface area (Å²) < 4.78 is 14.7. The van der Waals surface area contributed by atoms with Crippen LogP contribution in [-0.2, 0) is 17.1 Å². The Labute approximate surface area is 152 Å². The van der Waals surface area contributed by atoms with Crippen LogP contribution in [0.1, 0.15) is 11.3 Å². The Balaban J connectivity index is 1.53. The zero-order chi connectivity index (χ0) is 17.8. The SMILES string of the molecule is CN(Cc1cccc(F)c1)C(=O)CSCc1cc(=O)n2ccsc2n1. The molecule has 8 heteroatoms. The molecule has 130 valence electrons. The summed E-state index contributed by atoms with van der Waals surface area (Å²) >= 11 is 2.80. The maximum absolute atomic E-state index is 13.2. The van der Waals surface area contributed by atoms with E-state index in [1.54, 1.807) is 30.3 Å². The van der Waals surface area contributed by atoms with E-state index in [0.29, 0.717) is 23.0 Å². The van der Waals surface area contributed by atoms with Crippen molar-refractivity contribution < 1.29 is 9.18 Å². The number of rotatable bonds is 6. The number of fused-ring (bicyclic) bond motifs is 1. The highest BCUT2D eigenvalue weighted by Gasteiger charge is 2.11. The lowest BCUT2D eigenvalue weighted by Gasteiger charge is -2.17. The van der Waals surface area contributed by atoms with Crippen LogP contribution in [-0.4, -0.2) is 33.0 Å². The van der Waals surface area contributed by atoms with Crippen molar-refractivity contribution in [1.82, 2.24) is 14.3 Å². The summed E-state index contributed by atoms with van der Waals surface area (Å²) in [5.74, 6) is 0.401. The lowest BCUT2D eigenvalue weighted by atomic mass is 10.2. The topological polar surface area (TPSA) is 54.7 Å². The summed E-state index contributed by atoms with van der Waals surface area (Å²) in [6, 6.07) is 7.70. The minimum absolute atomic E-state index is 0.0526. The minimum atomic E-state index is -0.311. The molecule has 0 aliphatic rings. The van der Waals surface area contributed by atoms with Crippen molar-refractivity contribution in [1.29, 1.82) is 0 Å². The Kier molecular flexibility index (Phi) is 5.50. The maximum Gasteiger partial charge on any atom is 0.258 e. The van der Waals surface area contributed by atoms with Crippen LogP contribution in [0.5, 0.6) is 0 Å². The Hall–Kier alpha value is -2.19. The first-order chi connectivity index (χ1) is 12.0. The van der Waals surface area contributed by atoms with E-state index in [4.69, 9.17) is 0 Å². The van der Waals surface area contributed by atoms with E-state index in [1.165, 1.54) is 45.7 Å². The van der Waals surface area contributed by atoms with Gasteiger partial charge in [-0.2, -0.15) is 0 Å².